The maximum absolute atomic E-state index is 13.1. The normalized spacial score (nSPS) is 11.6. The molecule has 0 aliphatic heterocycles. The smallest absolute Gasteiger partial charge is 0.123 e. The zero-order chi connectivity index (χ0) is 15.3. The molecule has 3 heteroatoms. The lowest BCUT2D eigenvalue weighted by Gasteiger charge is -2.16. The van der Waals surface area contributed by atoms with Gasteiger partial charge in [-0.3, -0.25) is 0 Å². The van der Waals surface area contributed by atoms with Gasteiger partial charge in [-0.25, -0.2) is 4.39 Å². The summed E-state index contributed by atoms with van der Waals surface area (Å²) in [5, 5.41) is 4.91. The molecule has 0 bridgehead atoms. The van der Waals surface area contributed by atoms with Crippen LogP contribution in [0.3, 0.4) is 0 Å². The first-order chi connectivity index (χ1) is 9.95. The van der Waals surface area contributed by atoms with E-state index < -0.39 is 8.07 Å². The van der Waals surface area contributed by atoms with Crippen molar-refractivity contribution >= 4 is 13.3 Å². The highest BCUT2D eigenvalue weighted by Crippen LogP contribution is 2.06. The maximum atomic E-state index is 13.1. The molecule has 0 saturated heterocycles. The monoisotopic (exact) mass is 301 g/mol. The number of rotatable bonds is 6. The van der Waals surface area contributed by atoms with Gasteiger partial charge in [-0.15, -0.1) is 0 Å². The fourth-order valence-electron chi connectivity index (χ4n) is 2.28. The average molecular weight is 301 g/mol. The molecule has 0 aromatic heterocycles. The fourth-order valence-corrected chi connectivity index (χ4v) is 3.45. The van der Waals surface area contributed by atoms with Crippen molar-refractivity contribution < 1.29 is 4.39 Å². The van der Waals surface area contributed by atoms with Crippen molar-refractivity contribution in [2.75, 3.05) is 6.54 Å². The second kappa shape index (κ2) is 7.01. The first kappa shape index (κ1) is 15.9. The van der Waals surface area contributed by atoms with E-state index >= 15 is 0 Å². The Morgan fingerprint density at radius 1 is 0.952 bits per heavy atom. The van der Waals surface area contributed by atoms with Crippen LogP contribution >= 0.6 is 0 Å². The van der Waals surface area contributed by atoms with Crippen molar-refractivity contribution in [3.05, 3.63) is 65.5 Å². The van der Waals surface area contributed by atoms with Gasteiger partial charge in [0, 0.05) is 6.54 Å². The minimum atomic E-state index is -1.20. The Kier molecular flexibility index (Phi) is 5.31. The van der Waals surface area contributed by atoms with Gasteiger partial charge >= 0.3 is 0 Å². The maximum Gasteiger partial charge on any atom is 0.123 e. The first-order valence-corrected chi connectivity index (χ1v) is 11.0. The van der Waals surface area contributed by atoms with Gasteiger partial charge in [0.15, 0.2) is 0 Å². The molecule has 0 spiro atoms. The van der Waals surface area contributed by atoms with Gasteiger partial charge in [0.1, 0.15) is 5.82 Å². The van der Waals surface area contributed by atoms with Crippen LogP contribution in [-0.4, -0.2) is 14.6 Å². The highest BCUT2D eigenvalue weighted by molar-refractivity contribution is 6.88. The summed E-state index contributed by atoms with van der Waals surface area (Å²) in [5.41, 5.74) is 2.34. The Hall–Kier alpha value is -1.45. The van der Waals surface area contributed by atoms with E-state index in [1.54, 1.807) is 12.1 Å². The van der Waals surface area contributed by atoms with Gasteiger partial charge in [0.05, 0.1) is 8.07 Å². The van der Waals surface area contributed by atoms with Crippen molar-refractivity contribution in [3.63, 3.8) is 0 Å². The van der Waals surface area contributed by atoms with Crippen LogP contribution < -0.4 is 10.5 Å². The molecule has 0 saturated carbocycles. The van der Waals surface area contributed by atoms with Crippen LogP contribution in [0.2, 0.25) is 19.6 Å². The van der Waals surface area contributed by atoms with Gasteiger partial charge in [-0.05, 0) is 36.2 Å². The summed E-state index contributed by atoms with van der Waals surface area (Å²) in [7, 11) is -1.20. The van der Waals surface area contributed by atoms with Crippen molar-refractivity contribution in [1.82, 2.24) is 5.32 Å². The predicted octanol–water partition coefficient (Wildman–Crippen LogP) is 3.70. The Morgan fingerprint density at radius 2 is 1.67 bits per heavy atom. The number of hydrogen-bond donors (Lipinski definition) is 1. The van der Waals surface area contributed by atoms with Crippen LogP contribution in [0.4, 0.5) is 4.39 Å². The third kappa shape index (κ3) is 5.10. The number of nitrogens with one attached hydrogen (secondary N) is 1. The topological polar surface area (TPSA) is 12.0 Å². The van der Waals surface area contributed by atoms with E-state index in [0.29, 0.717) is 0 Å². The molecule has 0 unspecified atom stereocenters. The lowest BCUT2D eigenvalue weighted by atomic mass is 10.1. The molecule has 2 aromatic rings. The number of halogens is 1. The Morgan fingerprint density at radius 3 is 2.29 bits per heavy atom. The van der Waals surface area contributed by atoms with E-state index in [4.69, 9.17) is 0 Å². The zero-order valence-electron chi connectivity index (χ0n) is 13.1. The van der Waals surface area contributed by atoms with Crippen molar-refractivity contribution in [2.24, 2.45) is 0 Å². The van der Waals surface area contributed by atoms with Crippen LogP contribution in [0.25, 0.3) is 0 Å². The molecular formula is C18H24FNSi. The van der Waals surface area contributed by atoms with Crippen LogP contribution in [0.15, 0.2) is 48.5 Å². The summed E-state index contributed by atoms with van der Waals surface area (Å²) in [6.07, 6.45) is 0.852. The Balaban J connectivity index is 1.79. The summed E-state index contributed by atoms with van der Waals surface area (Å²) in [6.45, 7) is 8.80. The molecule has 0 aliphatic carbocycles. The highest BCUT2D eigenvalue weighted by Gasteiger charge is 2.15. The summed E-state index contributed by atoms with van der Waals surface area (Å²) in [4.78, 5) is 0. The second-order valence-electron chi connectivity index (χ2n) is 6.50. The molecule has 1 nitrogen and oxygen atoms in total. The van der Waals surface area contributed by atoms with Crippen molar-refractivity contribution in [2.45, 2.75) is 32.6 Å². The average Bonchev–Trinajstić information content (AvgIpc) is 2.43. The summed E-state index contributed by atoms with van der Waals surface area (Å²) < 4.78 is 13.1. The Labute approximate surface area is 128 Å². The number of hydrogen-bond acceptors (Lipinski definition) is 1. The van der Waals surface area contributed by atoms with E-state index in [9.17, 15) is 4.39 Å². The SMILES string of the molecule is C[Si](C)(C)c1ccc(CNCCc2cccc(F)c2)cc1. The van der Waals surface area contributed by atoms with E-state index in [0.717, 1.165) is 25.1 Å². The highest BCUT2D eigenvalue weighted by atomic mass is 28.3. The van der Waals surface area contributed by atoms with E-state index in [1.165, 1.54) is 16.8 Å². The minimum absolute atomic E-state index is 0.158. The predicted molar refractivity (Wildman–Crippen MR) is 91.2 cm³/mol. The van der Waals surface area contributed by atoms with Crippen LogP contribution in [0.5, 0.6) is 0 Å². The molecule has 2 aromatic carbocycles. The molecule has 0 heterocycles. The minimum Gasteiger partial charge on any atom is -0.312 e. The molecule has 112 valence electrons. The van der Waals surface area contributed by atoms with E-state index in [1.807, 2.05) is 6.07 Å². The standard InChI is InChI=1S/C18H24FNSi/c1-21(2,3)18-9-7-16(8-10-18)14-20-12-11-15-5-4-6-17(19)13-15/h4-10,13,20H,11-12,14H2,1-3H3. The van der Waals surface area contributed by atoms with Crippen molar-refractivity contribution in [1.29, 1.82) is 0 Å². The lowest BCUT2D eigenvalue weighted by Crippen LogP contribution is -2.37. The van der Waals surface area contributed by atoms with Gasteiger partial charge < -0.3 is 5.32 Å². The zero-order valence-corrected chi connectivity index (χ0v) is 14.1. The van der Waals surface area contributed by atoms with Crippen LogP contribution in [-0.2, 0) is 13.0 Å². The van der Waals surface area contributed by atoms with E-state index in [-0.39, 0.29) is 5.82 Å². The van der Waals surface area contributed by atoms with Gasteiger partial charge in [-0.1, -0.05) is 61.2 Å². The van der Waals surface area contributed by atoms with E-state index in [2.05, 4.69) is 49.2 Å². The molecule has 2 rings (SSSR count). The summed E-state index contributed by atoms with van der Waals surface area (Å²) in [5.74, 6) is -0.158. The first-order valence-electron chi connectivity index (χ1n) is 7.50. The third-order valence-corrected chi connectivity index (χ3v) is 5.69. The largest absolute Gasteiger partial charge is 0.312 e. The second-order valence-corrected chi connectivity index (χ2v) is 11.6. The molecular weight excluding hydrogens is 277 g/mol. The van der Waals surface area contributed by atoms with Crippen LogP contribution in [0.1, 0.15) is 11.1 Å². The molecule has 0 aliphatic rings. The van der Waals surface area contributed by atoms with Gasteiger partial charge in [0.25, 0.3) is 0 Å². The number of benzene rings is 2. The summed E-state index contributed by atoms with van der Waals surface area (Å²) in [6, 6.07) is 15.8. The fraction of sp³-hybridized carbons (Fsp3) is 0.333. The molecule has 0 atom stereocenters. The summed E-state index contributed by atoms with van der Waals surface area (Å²) >= 11 is 0. The molecule has 0 amide bonds. The lowest BCUT2D eigenvalue weighted by molar-refractivity contribution is 0.622. The molecule has 0 radical (unpaired) electrons. The third-order valence-electron chi connectivity index (χ3n) is 3.63. The molecule has 1 N–H and O–H groups in total. The Bertz CT molecular complexity index is 573. The van der Waals surface area contributed by atoms with Crippen molar-refractivity contribution in [3.8, 4) is 0 Å². The quantitative estimate of drug-likeness (QED) is 0.633. The molecule has 21 heavy (non-hydrogen) atoms. The van der Waals surface area contributed by atoms with Gasteiger partial charge in [0.2, 0.25) is 0 Å². The van der Waals surface area contributed by atoms with Crippen LogP contribution in [0, 0.1) is 5.82 Å². The van der Waals surface area contributed by atoms with Gasteiger partial charge in [-0.2, -0.15) is 0 Å². The molecule has 0 fully saturated rings.